The molecule has 0 fully saturated rings. The van der Waals surface area contributed by atoms with Gasteiger partial charge in [-0.05, 0) is 31.5 Å². The molecule has 1 aromatic carbocycles. The Balaban J connectivity index is 2.45. The van der Waals surface area contributed by atoms with Crippen LogP contribution in [0.2, 0.25) is 0 Å². The van der Waals surface area contributed by atoms with Gasteiger partial charge in [0.1, 0.15) is 22.7 Å². The minimum absolute atomic E-state index is 0.0880. The highest BCUT2D eigenvalue weighted by molar-refractivity contribution is 6.01. The number of nitrogens with zero attached hydrogens (tertiary/aromatic N) is 2. The molecular formula is C19H18F2N2O4. The van der Waals surface area contributed by atoms with E-state index in [-0.39, 0.29) is 23.2 Å². The second-order valence-electron chi connectivity index (χ2n) is 5.94. The molecule has 2 heterocycles. The molecule has 0 aliphatic carbocycles. The van der Waals surface area contributed by atoms with Crippen LogP contribution in [0.25, 0.3) is 16.6 Å². The number of fused-ring (bicyclic) bond motifs is 1. The van der Waals surface area contributed by atoms with E-state index >= 15 is 0 Å². The monoisotopic (exact) mass is 376 g/mol. The lowest BCUT2D eigenvalue weighted by atomic mass is 10.2. The normalized spacial score (nSPS) is 11.1. The molecule has 142 valence electrons. The van der Waals surface area contributed by atoms with Gasteiger partial charge in [-0.15, -0.1) is 0 Å². The number of ether oxygens (including phenoxy) is 1. The number of pyridine rings is 1. The molecule has 6 nitrogen and oxygen atoms in total. The van der Waals surface area contributed by atoms with E-state index in [1.165, 1.54) is 23.7 Å². The summed E-state index contributed by atoms with van der Waals surface area (Å²) in [6.07, 6.45) is 0.291. The Hall–Kier alpha value is -3.16. The first-order chi connectivity index (χ1) is 12.8. The number of aromatic nitrogens is 2. The molecule has 0 saturated carbocycles. The fraction of sp³-hybridized carbons (Fsp3) is 0.263. The Morgan fingerprint density at radius 3 is 2.41 bits per heavy atom. The minimum atomic E-state index is -0.910. The summed E-state index contributed by atoms with van der Waals surface area (Å²) in [7, 11) is 1.50. The van der Waals surface area contributed by atoms with Crippen LogP contribution in [-0.2, 0) is 18.2 Å². The maximum Gasteiger partial charge on any atom is 0.358 e. The lowest BCUT2D eigenvalue weighted by Crippen LogP contribution is -2.24. The lowest BCUT2D eigenvalue weighted by molar-refractivity contribution is 0.0512. The Kier molecular flexibility index (Phi) is 4.73. The highest BCUT2D eigenvalue weighted by Gasteiger charge is 2.27. The van der Waals surface area contributed by atoms with Gasteiger partial charge in [0.25, 0.3) is 5.56 Å². The second-order valence-corrected chi connectivity index (χ2v) is 5.94. The van der Waals surface area contributed by atoms with Gasteiger partial charge in [0.2, 0.25) is 0 Å². The van der Waals surface area contributed by atoms with Crippen molar-refractivity contribution in [2.75, 3.05) is 6.61 Å². The maximum absolute atomic E-state index is 14.3. The van der Waals surface area contributed by atoms with E-state index in [0.717, 1.165) is 16.7 Å². The molecule has 2 aromatic heterocycles. The van der Waals surface area contributed by atoms with Crippen LogP contribution in [0.3, 0.4) is 0 Å². The van der Waals surface area contributed by atoms with E-state index in [2.05, 4.69) is 0 Å². The van der Waals surface area contributed by atoms with Crippen molar-refractivity contribution in [1.29, 1.82) is 0 Å². The van der Waals surface area contributed by atoms with Gasteiger partial charge in [0.05, 0.1) is 12.1 Å². The third-order valence-electron chi connectivity index (χ3n) is 4.41. The first-order valence-corrected chi connectivity index (χ1v) is 8.41. The molecule has 1 N–H and O–H groups in total. The van der Waals surface area contributed by atoms with E-state index < -0.39 is 34.6 Å². The van der Waals surface area contributed by atoms with Gasteiger partial charge >= 0.3 is 5.97 Å². The van der Waals surface area contributed by atoms with Crippen molar-refractivity contribution in [2.45, 2.75) is 20.3 Å². The van der Waals surface area contributed by atoms with Gasteiger partial charge in [0, 0.05) is 12.7 Å². The number of hydrogen-bond donors (Lipinski definition) is 1. The van der Waals surface area contributed by atoms with Crippen molar-refractivity contribution in [3.05, 3.63) is 57.6 Å². The lowest BCUT2D eigenvalue weighted by Gasteiger charge is -2.14. The Labute approximate surface area is 153 Å². The first-order valence-electron chi connectivity index (χ1n) is 8.41. The summed E-state index contributed by atoms with van der Waals surface area (Å²) in [6.45, 7) is 3.43. The molecule has 3 rings (SSSR count). The molecular weight excluding hydrogens is 358 g/mol. The zero-order valence-corrected chi connectivity index (χ0v) is 15.0. The maximum atomic E-state index is 14.3. The third-order valence-corrected chi connectivity index (χ3v) is 4.41. The zero-order chi connectivity index (χ0) is 19.9. The van der Waals surface area contributed by atoms with Crippen molar-refractivity contribution in [1.82, 2.24) is 9.13 Å². The van der Waals surface area contributed by atoms with Gasteiger partial charge in [-0.1, -0.05) is 13.0 Å². The second kappa shape index (κ2) is 6.86. The number of halogens is 2. The molecule has 3 aromatic rings. The average molecular weight is 376 g/mol. The van der Waals surface area contributed by atoms with Crippen molar-refractivity contribution in [2.24, 2.45) is 7.05 Å². The summed E-state index contributed by atoms with van der Waals surface area (Å²) in [5.41, 5.74) is -0.949. The number of esters is 1. The van der Waals surface area contributed by atoms with Crippen molar-refractivity contribution in [3.63, 3.8) is 0 Å². The Bertz CT molecular complexity index is 1100. The summed E-state index contributed by atoms with van der Waals surface area (Å²) in [6, 6.07) is 4.81. The number of carbonyl (C=O) groups excluding carboxylic acids is 1. The third kappa shape index (κ3) is 2.77. The van der Waals surface area contributed by atoms with Crippen LogP contribution in [0.4, 0.5) is 8.78 Å². The van der Waals surface area contributed by atoms with Crippen LogP contribution in [-0.4, -0.2) is 26.8 Å². The fourth-order valence-electron chi connectivity index (χ4n) is 3.17. The predicted octanol–water partition coefficient (Wildman–Crippen LogP) is 3.05. The molecule has 0 bridgehead atoms. The Morgan fingerprint density at radius 1 is 1.22 bits per heavy atom. The zero-order valence-electron chi connectivity index (χ0n) is 15.0. The van der Waals surface area contributed by atoms with Gasteiger partial charge in [0.15, 0.2) is 11.4 Å². The minimum Gasteiger partial charge on any atom is -0.505 e. The van der Waals surface area contributed by atoms with Gasteiger partial charge < -0.3 is 14.4 Å². The van der Waals surface area contributed by atoms with Crippen molar-refractivity contribution >= 4 is 16.9 Å². The summed E-state index contributed by atoms with van der Waals surface area (Å²) >= 11 is 0. The summed E-state index contributed by atoms with van der Waals surface area (Å²) in [5, 5.41) is 10.3. The van der Waals surface area contributed by atoms with Crippen LogP contribution in [0.5, 0.6) is 5.75 Å². The van der Waals surface area contributed by atoms with Crippen molar-refractivity contribution in [3.8, 4) is 11.4 Å². The SMILES string of the molecule is CCOC(=O)c1c(O)c2c(=O)n(-c3c(F)cccc3F)c(CC)cc2n1C. The van der Waals surface area contributed by atoms with Crippen LogP contribution >= 0.6 is 0 Å². The summed E-state index contributed by atoms with van der Waals surface area (Å²) < 4.78 is 35.8. The number of benzene rings is 1. The molecule has 0 saturated heterocycles. The number of hydrogen-bond acceptors (Lipinski definition) is 4. The van der Waals surface area contributed by atoms with E-state index in [9.17, 15) is 23.5 Å². The number of rotatable bonds is 4. The van der Waals surface area contributed by atoms with Crippen LogP contribution < -0.4 is 5.56 Å². The van der Waals surface area contributed by atoms with Gasteiger partial charge in [-0.2, -0.15) is 0 Å². The van der Waals surface area contributed by atoms with E-state index in [4.69, 9.17) is 4.74 Å². The van der Waals surface area contributed by atoms with Crippen LogP contribution in [0.15, 0.2) is 29.1 Å². The molecule has 0 atom stereocenters. The topological polar surface area (TPSA) is 73.5 Å². The molecule has 0 amide bonds. The standard InChI is InChI=1S/C19H18F2N2O4/c1-4-10-9-13-14(17(24)16(22(13)3)19(26)27-5-2)18(25)23(10)15-11(20)7-6-8-12(15)21/h6-9,24H,4-5H2,1-3H3. The molecule has 0 aliphatic rings. The molecule has 0 unspecified atom stereocenters. The number of aromatic hydroxyl groups is 1. The van der Waals surface area contributed by atoms with Crippen LogP contribution in [0.1, 0.15) is 30.0 Å². The molecule has 8 heteroatoms. The fourth-order valence-corrected chi connectivity index (χ4v) is 3.17. The number of aryl methyl sites for hydroxylation is 2. The highest BCUT2D eigenvalue weighted by Crippen LogP contribution is 2.31. The van der Waals surface area contributed by atoms with Gasteiger partial charge in [-0.3, -0.25) is 9.36 Å². The molecule has 0 spiro atoms. The summed E-state index contributed by atoms with van der Waals surface area (Å²) in [5.74, 6) is -3.20. The molecule has 0 radical (unpaired) electrons. The van der Waals surface area contributed by atoms with E-state index in [1.54, 1.807) is 13.8 Å². The van der Waals surface area contributed by atoms with Crippen LogP contribution in [0, 0.1) is 11.6 Å². The predicted molar refractivity (Wildman–Crippen MR) is 95.4 cm³/mol. The average Bonchev–Trinajstić information content (AvgIpc) is 2.87. The molecule has 27 heavy (non-hydrogen) atoms. The van der Waals surface area contributed by atoms with Gasteiger partial charge in [-0.25, -0.2) is 13.6 Å². The largest absolute Gasteiger partial charge is 0.505 e. The quantitative estimate of drug-likeness (QED) is 0.711. The summed E-state index contributed by atoms with van der Waals surface area (Å²) in [4.78, 5) is 25.2. The van der Waals surface area contributed by atoms with Crippen molar-refractivity contribution < 1.29 is 23.4 Å². The number of para-hydroxylation sites is 1. The highest BCUT2D eigenvalue weighted by atomic mass is 19.1. The first kappa shape index (κ1) is 18.6. The van der Waals surface area contributed by atoms with E-state index in [0.29, 0.717) is 12.1 Å². The Morgan fingerprint density at radius 2 is 1.85 bits per heavy atom. The molecule has 0 aliphatic heterocycles. The number of carbonyl (C=O) groups is 1. The smallest absolute Gasteiger partial charge is 0.358 e. The van der Waals surface area contributed by atoms with E-state index in [1.807, 2.05) is 0 Å².